The van der Waals surface area contributed by atoms with E-state index < -0.39 is 5.97 Å². The average molecular weight is 217 g/mol. The topological polar surface area (TPSA) is 49.3 Å². The van der Waals surface area contributed by atoms with Gasteiger partial charge in [-0.1, -0.05) is 30.3 Å². The van der Waals surface area contributed by atoms with Gasteiger partial charge in [-0.3, -0.25) is 0 Å². The van der Waals surface area contributed by atoms with Crippen molar-refractivity contribution < 1.29 is 9.90 Å². The molecule has 3 heteroatoms. The number of carboxylic acid groups (broad SMARTS) is 1. The van der Waals surface area contributed by atoms with Gasteiger partial charge in [-0.2, -0.15) is 0 Å². The molecule has 0 radical (unpaired) electrons. The maximum atomic E-state index is 11.3. The summed E-state index contributed by atoms with van der Waals surface area (Å²) in [7, 11) is 0. The zero-order valence-corrected chi connectivity index (χ0v) is 9.23. The van der Waals surface area contributed by atoms with Gasteiger partial charge in [0.25, 0.3) is 0 Å². The smallest absolute Gasteiger partial charge is 0.333 e. The minimum absolute atomic E-state index is 0.0820. The van der Waals surface area contributed by atoms with Crippen LogP contribution in [0.2, 0.25) is 0 Å². The molecule has 1 heterocycles. The summed E-state index contributed by atoms with van der Waals surface area (Å²) in [5.74, 6) is -0.821. The van der Waals surface area contributed by atoms with Gasteiger partial charge in [-0.05, 0) is 31.0 Å². The van der Waals surface area contributed by atoms with Crippen molar-refractivity contribution in [2.24, 2.45) is 0 Å². The van der Waals surface area contributed by atoms with Crippen molar-refractivity contribution in [3.63, 3.8) is 0 Å². The Morgan fingerprint density at radius 1 is 1.38 bits per heavy atom. The third-order valence-corrected chi connectivity index (χ3v) is 2.94. The fraction of sp³-hybridized carbons (Fsp3) is 0.308. The molecule has 1 aliphatic rings. The largest absolute Gasteiger partial charge is 0.478 e. The zero-order valence-electron chi connectivity index (χ0n) is 9.23. The van der Waals surface area contributed by atoms with Gasteiger partial charge in [-0.15, -0.1) is 0 Å². The van der Waals surface area contributed by atoms with E-state index in [9.17, 15) is 9.90 Å². The van der Waals surface area contributed by atoms with Crippen LogP contribution in [0.25, 0.3) is 5.57 Å². The minimum atomic E-state index is -0.821. The molecule has 1 aliphatic heterocycles. The molecule has 0 saturated carbocycles. The molecular formula is C13H15NO2. The molecule has 1 unspecified atom stereocenters. The van der Waals surface area contributed by atoms with Crippen LogP contribution >= 0.6 is 0 Å². The van der Waals surface area contributed by atoms with Gasteiger partial charge in [0.1, 0.15) is 0 Å². The van der Waals surface area contributed by atoms with Crippen LogP contribution in [0.1, 0.15) is 18.9 Å². The van der Waals surface area contributed by atoms with Crippen LogP contribution in [0.15, 0.2) is 35.9 Å². The van der Waals surface area contributed by atoms with E-state index in [0.29, 0.717) is 5.57 Å². The lowest BCUT2D eigenvalue weighted by Crippen LogP contribution is -2.36. The second kappa shape index (κ2) is 4.49. The van der Waals surface area contributed by atoms with E-state index in [1.165, 1.54) is 0 Å². The summed E-state index contributed by atoms with van der Waals surface area (Å²) in [6.07, 6.45) is 0.774. The van der Waals surface area contributed by atoms with E-state index in [0.717, 1.165) is 24.1 Å². The van der Waals surface area contributed by atoms with Crippen molar-refractivity contribution in [3.05, 3.63) is 41.5 Å². The third kappa shape index (κ3) is 1.99. The molecule has 0 aliphatic carbocycles. The van der Waals surface area contributed by atoms with Crippen LogP contribution in [0.5, 0.6) is 0 Å². The second-order valence-corrected chi connectivity index (χ2v) is 3.99. The highest BCUT2D eigenvalue weighted by Crippen LogP contribution is 2.27. The Hall–Kier alpha value is -1.61. The molecule has 2 rings (SSSR count). The van der Waals surface area contributed by atoms with Crippen molar-refractivity contribution in [1.82, 2.24) is 5.32 Å². The first-order chi connectivity index (χ1) is 7.70. The van der Waals surface area contributed by atoms with Gasteiger partial charge < -0.3 is 10.4 Å². The lowest BCUT2D eigenvalue weighted by molar-refractivity contribution is -0.133. The highest BCUT2D eigenvalue weighted by molar-refractivity contribution is 5.98. The Bertz CT molecular complexity index is 423. The van der Waals surface area contributed by atoms with Gasteiger partial charge in [0.2, 0.25) is 0 Å². The predicted octanol–water partition coefficient (Wildman–Crippen LogP) is 1.91. The first-order valence-corrected chi connectivity index (χ1v) is 5.45. The lowest BCUT2D eigenvalue weighted by Gasteiger charge is -2.25. The maximum absolute atomic E-state index is 11.3. The van der Waals surface area contributed by atoms with E-state index in [1.807, 2.05) is 37.3 Å². The molecule has 0 bridgehead atoms. The first kappa shape index (κ1) is 10.9. The van der Waals surface area contributed by atoms with Gasteiger partial charge in [0, 0.05) is 6.04 Å². The van der Waals surface area contributed by atoms with Crippen LogP contribution in [-0.2, 0) is 4.79 Å². The normalized spacial score (nSPS) is 20.9. The highest BCUT2D eigenvalue weighted by atomic mass is 16.4. The number of hydrogen-bond donors (Lipinski definition) is 2. The second-order valence-electron chi connectivity index (χ2n) is 3.99. The number of carbonyl (C=O) groups is 1. The number of hydrogen-bond acceptors (Lipinski definition) is 2. The summed E-state index contributed by atoms with van der Waals surface area (Å²) >= 11 is 0. The summed E-state index contributed by atoms with van der Waals surface area (Å²) in [5, 5.41) is 12.4. The van der Waals surface area contributed by atoms with E-state index in [4.69, 9.17) is 0 Å². The van der Waals surface area contributed by atoms with Crippen LogP contribution in [0.4, 0.5) is 0 Å². The molecule has 3 nitrogen and oxygen atoms in total. The Balaban J connectivity index is 2.50. The molecule has 0 fully saturated rings. The molecule has 1 atom stereocenters. The molecule has 84 valence electrons. The number of aliphatic carboxylic acids is 1. The van der Waals surface area contributed by atoms with Crippen molar-refractivity contribution in [2.75, 3.05) is 6.54 Å². The Morgan fingerprint density at radius 3 is 2.69 bits per heavy atom. The molecule has 0 aromatic heterocycles. The monoisotopic (exact) mass is 217 g/mol. The molecule has 2 N–H and O–H groups in total. The zero-order chi connectivity index (χ0) is 11.5. The molecule has 1 aromatic carbocycles. The minimum Gasteiger partial charge on any atom is -0.478 e. The third-order valence-electron chi connectivity index (χ3n) is 2.94. The van der Waals surface area contributed by atoms with Crippen molar-refractivity contribution in [1.29, 1.82) is 0 Å². The molecule has 0 amide bonds. The molecule has 0 saturated heterocycles. The fourth-order valence-corrected chi connectivity index (χ4v) is 2.17. The maximum Gasteiger partial charge on any atom is 0.333 e. The molecule has 1 aromatic rings. The summed E-state index contributed by atoms with van der Waals surface area (Å²) in [6, 6.07) is 9.67. The van der Waals surface area contributed by atoms with Gasteiger partial charge in [0.15, 0.2) is 0 Å². The average Bonchev–Trinajstić information content (AvgIpc) is 2.29. The number of nitrogens with one attached hydrogen (secondary N) is 1. The summed E-state index contributed by atoms with van der Waals surface area (Å²) in [4.78, 5) is 11.3. The predicted molar refractivity (Wildman–Crippen MR) is 63.1 cm³/mol. The van der Waals surface area contributed by atoms with E-state index >= 15 is 0 Å². The Labute approximate surface area is 94.8 Å². The molecule has 16 heavy (non-hydrogen) atoms. The summed E-state index contributed by atoms with van der Waals surface area (Å²) < 4.78 is 0. The van der Waals surface area contributed by atoms with Gasteiger partial charge in [-0.25, -0.2) is 4.79 Å². The van der Waals surface area contributed by atoms with E-state index in [2.05, 4.69) is 5.32 Å². The number of benzene rings is 1. The van der Waals surface area contributed by atoms with Gasteiger partial charge in [0.05, 0.1) is 5.57 Å². The number of rotatable bonds is 2. The Morgan fingerprint density at radius 2 is 2.06 bits per heavy atom. The van der Waals surface area contributed by atoms with Crippen LogP contribution in [-0.4, -0.2) is 23.7 Å². The van der Waals surface area contributed by atoms with Crippen LogP contribution < -0.4 is 5.32 Å². The first-order valence-electron chi connectivity index (χ1n) is 5.45. The standard InChI is InChI=1S/C13H15NO2/c1-9-12(13(15)16)11(7-8-14-9)10-5-3-2-4-6-10/h2-6,9,14H,7-8H2,1H3,(H,15,16). The summed E-state index contributed by atoms with van der Waals surface area (Å²) in [6.45, 7) is 2.73. The lowest BCUT2D eigenvalue weighted by atomic mass is 9.90. The van der Waals surface area contributed by atoms with Crippen LogP contribution in [0, 0.1) is 0 Å². The molecular weight excluding hydrogens is 202 g/mol. The van der Waals surface area contributed by atoms with E-state index in [1.54, 1.807) is 0 Å². The van der Waals surface area contributed by atoms with Crippen molar-refractivity contribution in [3.8, 4) is 0 Å². The van der Waals surface area contributed by atoms with Crippen molar-refractivity contribution in [2.45, 2.75) is 19.4 Å². The SMILES string of the molecule is CC1NCCC(c2ccccc2)=C1C(=O)O. The summed E-state index contributed by atoms with van der Waals surface area (Å²) in [5.41, 5.74) is 2.48. The van der Waals surface area contributed by atoms with E-state index in [-0.39, 0.29) is 6.04 Å². The quantitative estimate of drug-likeness (QED) is 0.795. The van der Waals surface area contributed by atoms with Crippen LogP contribution in [0.3, 0.4) is 0 Å². The fourth-order valence-electron chi connectivity index (χ4n) is 2.17. The number of carboxylic acids is 1. The Kier molecular flexibility index (Phi) is 3.06. The van der Waals surface area contributed by atoms with Crippen molar-refractivity contribution >= 4 is 11.5 Å². The van der Waals surface area contributed by atoms with Gasteiger partial charge >= 0.3 is 5.97 Å². The molecule has 0 spiro atoms. The highest BCUT2D eigenvalue weighted by Gasteiger charge is 2.24.